The molecule has 2 rings (SSSR count). The summed E-state index contributed by atoms with van der Waals surface area (Å²) in [5.74, 6) is 0.767. The van der Waals surface area contributed by atoms with Gasteiger partial charge in [-0.2, -0.15) is 11.8 Å². The molecule has 0 saturated heterocycles. The number of amides is 2. The number of hydrogen-bond donors (Lipinski definition) is 3. The molecule has 0 fully saturated rings. The lowest BCUT2D eigenvalue weighted by Gasteiger charge is -2.12. The van der Waals surface area contributed by atoms with Crippen LogP contribution in [0.25, 0.3) is 0 Å². The summed E-state index contributed by atoms with van der Waals surface area (Å²) in [7, 11) is 0. The number of aromatic nitrogens is 1. The second-order valence-corrected chi connectivity index (χ2v) is 6.19. The van der Waals surface area contributed by atoms with E-state index < -0.39 is 6.04 Å². The number of nitrogens with zero attached hydrogens (tertiary/aromatic N) is 1. The third-order valence-corrected chi connectivity index (χ3v) is 4.02. The Kier molecular flexibility index (Phi) is 6.39. The molecule has 0 aliphatic rings. The minimum atomic E-state index is -0.534. The zero-order valence-corrected chi connectivity index (χ0v) is 14.4. The normalized spacial score (nSPS) is 11.8. The van der Waals surface area contributed by atoms with Crippen LogP contribution in [0.15, 0.2) is 35.0 Å². The monoisotopic (exact) mass is 348 g/mol. The van der Waals surface area contributed by atoms with Gasteiger partial charge in [0.2, 0.25) is 5.91 Å². The molecule has 128 valence electrons. The molecule has 1 aromatic heterocycles. The number of anilines is 2. The highest BCUT2D eigenvalue weighted by atomic mass is 32.2. The van der Waals surface area contributed by atoms with Gasteiger partial charge in [0.15, 0.2) is 0 Å². The Bertz CT molecular complexity index is 700. The van der Waals surface area contributed by atoms with Crippen molar-refractivity contribution in [1.82, 2.24) is 5.16 Å². The molecule has 1 heterocycles. The molecule has 2 amide bonds. The Morgan fingerprint density at radius 1 is 1.25 bits per heavy atom. The maximum Gasteiger partial charge on any atom is 0.260 e. The Balaban J connectivity index is 1.92. The lowest BCUT2D eigenvalue weighted by molar-refractivity contribution is -0.117. The molecule has 1 atom stereocenters. The first-order valence-electron chi connectivity index (χ1n) is 7.39. The lowest BCUT2D eigenvalue weighted by Crippen LogP contribution is -2.36. The molecular formula is C16H20N4O3S. The van der Waals surface area contributed by atoms with Crippen LogP contribution in [0.4, 0.5) is 11.4 Å². The Morgan fingerprint density at radius 3 is 2.42 bits per heavy atom. The van der Waals surface area contributed by atoms with Crippen molar-refractivity contribution in [3.8, 4) is 0 Å². The smallest absolute Gasteiger partial charge is 0.260 e. The van der Waals surface area contributed by atoms with Crippen molar-refractivity contribution in [3.05, 3.63) is 41.8 Å². The maximum atomic E-state index is 12.0. The third kappa shape index (κ3) is 4.84. The van der Waals surface area contributed by atoms with Crippen LogP contribution in [0.1, 0.15) is 22.5 Å². The summed E-state index contributed by atoms with van der Waals surface area (Å²) in [5.41, 5.74) is 7.43. The predicted octanol–water partition coefficient (Wildman–Crippen LogP) is 2.25. The van der Waals surface area contributed by atoms with E-state index in [4.69, 9.17) is 10.3 Å². The van der Waals surface area contributed by atoms with Gasteiger partial charge in [-0.25, -0.2) is 0 Å². The predicted molar refractivity (Wildman–Crippen MR) is 95.2 cm³/mol. The molecule has 7 nitrogen and oxygen atoms in total. The molecule has 0 unspecified atom stereocenters. The van der Waals surface area contributed by atoms with Crippen molar-refractivity contribution in [2.45, 2.75) is 19.4 Å². The molecule has 8 heteroatoms. The standard InChI is InChI=1S/C16H20N4O3S/c1-10-13(9-18-23-10)15(21)19-11-3-5-12(6-4-11)20-16(22)14(17)7-8-24-2/h3-6,9,14H,7-8,17H2,1-2H3,(H,19,21)(H,20,22)/t14-/m0/s1. The molecule has 2 aromatic rings. The van der Waals surface area contributed by atoms with Gasteiger partial charge in [-0.15, -0.1) is 0 Å². The van der Waals surface area contributed by atoms with Crippen LogP contribution < -0.4 is 16.4 Å². The van der Waals surface area contributed by atoms with E-state index in [1.54, 1.807) is 43.0 Å². The van der Waals surface area contributed by atoms with Gasteiger partial charge in [0.1, 0.15) is 11.3 Å². The molecule has 0 bridgehead atoms. The van der Waals surface area contributed by atoms with E-state index in [2.05, 4.69) is 15.8 Å². The van der Waals surface area contributed by atoms with Gasteiger partial charge in [-0.3, -0.25) is 9.59 Å². The van der Waals surface area contributed by atoms with Crippen LogP contribution in [0, 0.1) is 6.92 Å². The number of nitrogens with one attached hydrogen (secondary N) is 2. The van der Waals surface area contributed by atoms with Gasteiger partial charge in [-0.1, -0.05) is 5.16 Å². The van der Waals surface area contributed by atoms with Gasteiger partial charge in [0, 0.05) is 11.4 Å². The molecule has 0 aliphatic carbocycles. The van der Waals surface area contributed by atoms with Gasteiger partial charge in [-0.05, 0) is 49.6 Å². The maximum absolute atomic E-state index is 12.0. The SMILES string of the molecule is CSCC[C@H](N)C(=O)Nc1ccc(NC(=O)c2cnoc2C)cc1. The fourth-order valence-electron chi connectivity index (χ4n) is 1.96. The fraction of sp³-hybridized carbons (Fsp3) is 0.312. The van der Waals surface area contributed by atoms with E-state index in [9.17, 15) is 9.59 Å². The summed E-state index contributed by atoms with van der Waals surface area (Å²) in [6.07, 6.45) is 3.97. The molecule has 0 spiro atoms. The number of benzene rings is 1. The minimum absolute atomic E-state index is 0.221. The summed E-state index contributed by atoms with van der Waals surface area (Å²) < 4.78 is 4.86. The largest absolute Gasteiger partial charge is 0.361 e. The zero-order chi connectivity index (χ0) is 17.5. The van der Waals surface area contributed by atoms with Crippen molar-refractivity contribution >= 4 is 35.0 Å². The van der Waals surface area contributed by atoms with E-state index in [0.29, 0.717) is 29.1 Å². The zero-order valence-electron chi connectivity index (χ0n) is 13.5. The second-order valence-electron chi connectivity index (χ2n) is 5.20. The summed E-state index contributed by atoms with van der Waals surface area (Å²) in [6.45, 7) is 1.67. The number of rotatable bonds is 7. The number of carbonyl (C=O) groups excluding carboxylic acids is 2. The fourth-order valence-corrected chi connectivity index (χ4v) is 2.45. The number of carbonyl (C=O) groups is 2. The van der Waals surface area contributed by atoms with Gasteiger partial charge < -0.3 is 20.9 Å². The van der Waals surface area contributed by atoms with E-state index in [1.807, 2.05) is 6.26 Å². The van der Waals surface area contributed by atoms with Crippen LogP contribution in [0.2, 0.25) is 0 Å². The summed E-state index contributed by atoms with van der Waals surface area (Å²) in [5, 5.41) is 9.07. The van der Waals surface area contributed by atoms with Crippen molar-refractivity contribution in [2.75, 3.05) is 22.6 Å². The van der Waals surface area contributed by atoms with Gasteiger partial charge >= 0.3 is 0 Å². The van der Waals surface area contributed by atoms with Gasteiger partial charge in [0.05, 0.1) is 12.2 Å². The van der Waals surface area contributed by atoms with E-state index in [0.717, 1.165) is 5.75 Å². The first kappa shape index (κ1) is 18.0. The molecule has 24 heavy (non-hydrogen) atoms. The third-order valence-electron chi connectivity index (χ3n) is 3.38. The molecular weight excluding hydrogens is 328 g/mol. The number of nitrogens with two attached hydrogens (primary N) is 1. The summed E-state index contributed by atoms with van der Waals surface area (Å²) in [4.78, 5) is 24.0. The molecule has 0 saturated carbocycles. The Hall–Kier alpha value is -2.32. The van der Waals surface area contributed by atoms with Crippen molar-refractivity contribution in [1.29, 1.82) is 0 Å². The topological polar surface area (TPSA) is 110 Å². The van der Waals surface area contributed by atoms with Crippen molar-refractivity contribution in [3.63, 3.8) is 0 Å². The summed E-state index contributed by atoms with van der Waals surface area (Å²) >= 11 is 1.65. The quantitative estimate of drug-likeness (QED) is 0.708. The van der Waals surface area contributed by atoms with Crippen LogP contribution in [-0.2, 0) is 4.79 Å². The second kappa shape index (κ2) is 8.51. The highest BCUT2D eigenvalue weighted by molar-refractivity contribution is 7.98. The van der Waals surface area contributed by atoms with Crippen molar-refractivity contribution < 1.29 is 14.1 Å². The van der Waals surface area contributed by atoms with Crippen LogP contribution in [-0.4, -0.2) is 35.0 Å². The number of hydrogen-bond acceptors (Lipinski definition) is 6. The number of aryl methyl sites for hydroxylation is 1. The summed E-state index contributed by atoms with van der Waals surface area (Å²) in [6, 6.07) is 6.27. The average molecular weight is 348 g/mol. The molecule has 0 aliphatic heterocycles. The minimum Gasteiger partial charge on any atom is -0.361 e. The first-order valence-corrected chi connectivity index (χ1v) is 8.78. The molecule has 4 N–H and O–H groups in total. The average Bonchev–Trinajstić information content (AvgIpc) is 3.00. The first-order chi connectivity index (χ1) is 11.5. The Morgan fingerprint density at radius 2 is 1.88 bits per heavy atom. The van der Waals surface area contributed by atoms with E-state index in [-0.39, 0.29) is 11.8 Å². The van der Waals surface area contributed by atoms with Crippen LogP contribution in [0.3, 0.4) is 0 Å². The van der Waals surface area contributed by atoms with Crippen molar-refractivity contribution in [2.24, 2.45) is 5.73 Å². The number of thioether (sulfide) groups is 1. The van der Waals surface area contributed by atoms with E-state index >= 15 is 0 Å². The van der Waals surface area contributed by atoms with E-state index in [1.165, 1.54) is 6.20 Å². The van der Waals surface area contributed by atoms with Gasteiger partial charge in [0.25, 0.3) is 5.91 Å². The van der Waals surface area contributed by atoms with Crippen LogP contribution in [0.5, 0.6) is 0 Å². The highest BCUT2D eigenvalue weighted by Crippen LogP contribution is 2.16. The van der Waals surface area contributed by atoms with Crippen LogP contribution >= 0.6 is 11.8 Å². The lowest BCUT2D eigenvalue weighted by atomic mass is 10.2. The highest BCUT2D eigenvalue weighted by Gasteiger charge is 2.14. The Labute approximate surface area is 144 Å². The molecule has 0 radical (unpaired) electrons. The molecule has 1 aromatic carbocycles.